The van der Waals surface area contributed by atoms with Crippen LogP contribution in [0.25, 0.3) is 5.76 Å². The number of likely N-dealkylation sites (N-methyl/N-ethyl adjacent to an activating group) is 1. The van der Waals surface area contributed by atoms with E-state index in [1.165, 1.54) is 26.2 Å². The lowest BCUT2D eigenvalue weighted by Crippen LogP contribution is -2.38. The van der Waals surface area contributed by atoms with Crippen LogP contribution in [0.15, 0.2) is 35.9 Å². The monoisotopic (exact) mass is 512 g/mol. The van der Waals surface area contributed by atoms with E-state index < -0.39 is 17.7 Å². The first-order valence-electron chi connectivity index (χ1n) is 12.2. The molecule has 0 radical (unpaired) electrons. The summed E-state index contributed by atoms with van der Waals surface area (Å²) in [5.74, 6) is 0.130. The van der Waals surface area contributed by atoms with Crippen molar-refractivity contribution in [2.75, 3.05) is 54.6 Å². The summed E-state index contributed by atoms with van der Waals surface area (Å²) in [4.78, 5) is 30.4. The van der Waals surface area contributed by atoms with Gasteiger partial charge in [0.25, 0.3) is 11.7 Å². The molecule has 1 heterocycles. The number of carbonyl (C=O) groups excluding carboxylic acids is 2. The number of hydrogen-bond donors (Lipinski definition) is 1. The second-order valence-electron chi connectivity index (χ2n) is 8.66. The summed E-state index contributed by atoms with van der Waals surface area (Å²) in [7, 11) is 6.06. The molecule has 2 aromatic carbocycles. The van der Waals surface area contributed by atoms with Gasteiger partial charge in [0.2, 0.25) is 5.75 Å². The number of ether oxygens (including phenoxy) is 4. The predicted molar refractivity (Wildman–Crippen MR) is 141 cm³/mol. The molecule has 200 valence electrons. The number of aryl methyl sites for hydroxylation is 1. The number of ketones is 1. The number of likely N-dealkylation sites (tertiary alicyclic amines) is 1. The largest absolute Gasteiger partial charge is 0.507 e. The van der Waals surface area contributed by atoms with E-state index in [1.807, 2.05) is 20.8 Å². The Hall–Kier alpha value is -3.72. The average molecular weight is 513 g/mol. The molecule has 0 bridgehead atoms. The molecule has 1 fully saturated rings. The number of nitrogens with zero attached hydrogens (tertiary/aromatic N) is 2. The van der Waals surface area contributed by atoms with E-state index in [9.17, 15) is 14.7 Å². The molecule has 0 saturated carbocycles. The van der Waals surface area contributed by atoms with Crippen LogP contribution in [0.1, 0.15) is 36.6 Å². The standard InChI is InChI=1S/C28H36N2O7/c1-8-29(9-2)12-13-30-24(19-15-21(35-5)27(37-7)22(16-19)36-6)23(26(32)28(30)33)25(31)18-10-11-20(34-4)17(3)14-18/h10-11,14-16,24,31H,8-9,12-13H2,1-7H3/b25-23+/t24-/m0/s1. The maximum Gasteiger partial charge on any atom is 0.295 e. The predicted octanol–water partition coefficient (Wildman–Crippen LogP) is 3.79. The second kappa shape index (κ2) is 12.0. The molecular formula is C28H36N2O7. The Morgan fingerprint density at radius 1 is 0.919 bits per heavy atom. The zero-order chi connectivity index (χ0) is 27.3. The van der Waals surface area contributed by atoms with Crippen LogP contribution in [0.3, 0.4) is 0 Å². The Balaban J connectivity index is 2.24. The van der Waals surface area contributed by atoms with Gasteiger partial charge in [-0.1, -0.05) is 13.8 Å². The van der Waals surface area contributed by atoms with Gasteiger partial charge in [-0.05, 0) is 61.5 Å². The molecule has 0 spiro atoms. The molecule has 2 aromatic rings. The average Bonchev–Trinajstić information content (AvgIpc) is 3.17. The highest BCUT2D eigenvalue weighted by Gasteiger charge is 2.46. The van der Waals surface area contributed by atoms with Crippen molar-refractivity contribution in [2.24, 2.45) is 0 Å². The molecule has 9 heteroatoms. The summed E-state index contributed by atoms with van der Waals surface area (Å²) in [6, 6.07) is 7.66. The van der Waals surface area contributed by atoms with Gasteiger partial charge in [-0.3, -0.25) is 9.59 Å². The van der Waals surface area contributed by atoms with Gasteiger partial charge >= 0.3 is 0 Å². The molecule has 1 amide bonds. The number of Topliss-reactive ketones (excluding diaryl/α,β-unsaturated/α-hetero) is 1. The third-order valence-corrected chi connectivity index (χ3v) is 6.76. The van der Waals surface area contributed by atoms with Crippen LogP contribution in [0.5, 0.6) is 23.0 Å². The van der Waals surface area contributed by atoms with Crippen molar-refractivity contribution in [3.8, 4) is 23.0 Å². The molecule has 37 heavy (non-hydrogen) atoms. The Labute approximate surface area is 218 Å². The molecule has 1 saturated heterocycles. The number of methoxy groups -OCH3 is 4. The lowest BCUT2D eigenvalue weighted by Gasteiger charge is -2.29. The third-order valence-electron chi connectivity index (χ3n) is 6.76. The summed E-state index contributed by atoms with van der Waals surface area (Å²) in [5.41, 5.74) is 1.76. The molecule has 1 atom stereocenters. The molecule has 0 unspecified atom stereocenters. The highest BCUT2D eigenvalue weighted by atomic mass is 16.5. The van der Waals surface area contributed by atoms with E-state index in [-0.39, 0.29) is 11.3 Å². The normalized spacial score (nSPS) is 16.9. The van der Waals surface area contributed by atoms with Gasteiger partial charge in [0.15, 0.2) is 11.5 Å². The first kappa shape index (κ1) is 27.9. The van der Waals surface area contributed by atoms with E-state index in [0.29, 0.717) is 47.2 Å². The topological polar surface area (TPSA) is 97.8 Å². The summed E-state index contributed by atoms with van der Waals surface area (Å²) >= 11 is 0. The van der Waals surface area contributed by atoms with Crippen LogP contribution in [0.2, 0.25) is 0 Å². The summed E-state index contributed by atoms with van der Waals surface area (Å²) in [5, 5.41) is 11.4. The van der Waals surface area contributed by atoms with Crippen molar-refractivity contribution in [3.05, 3.63) is 52.6 Å². The fourth-order valence-electron chi connectivity index (χ4n) is 4.69. The zero-order valence-electron chi connectivity index (χ0n) is 22.6. The highest BCUT2D eigenvalue weighted by Crippen LogP contribution is 2.45. The molecule has 1 aliphatic rings. The fourth-order valence-corrected chi connectivity index (χ4v) is 4.69. The van der Waals surface area contributed by atoms with Crippen LogP contribution < -0.4 is 18.9 Å². The molecule has 9 nitrogen and oxygen atoms in total. The van der Waals surface area contributed by atoms with Crippen LogP contribution in [-0.2, 0) is 9.59 Å². The maximum absolute atomic E-state index is 13.4. The van der Waals surface area contributed by atoms with Crippen molar-refractivity contribution >= 4 is 17.4 Å². The van der Waals surface area contributed by atoms with Crippen molar-refractivity contribution < 1.29 is 33.6 Å². The lowest BCUT2D eigenvalue weighted by molar-refractivity contribution is -0.140. The smallest absolute Gasteiger partial charge is 0.295 e. The van der Waals surface area contributed by atoms with E-state index >= 15 is 0 Å². The van der Waals surface area contributed by atoms with Gasteiger partial charge in [0.05, 0.1) is 40.1 Å². The summed E-state index contributed by atoms with van der Waals surface area (Å²) in [6.45, 7) is 8.41. The molecule has 1 N–H and O–H groups in total. The minimum Gasteiger partial charge on any atom is -0.507 e. The quantitative estimate of drug-likeness (QED) is 0.276. The van der Waals surface area contributed by atoms with E-state index in [4.69, 9.17) is 18.9 Å². The molecule has 1 aliphatic heterocycles. The minimum atomic E-state index is -0.855. The SMILES string of the molecule is CCN(CC)CCN1C(=O)C(=O)/C(=C(/O)c2ccc(OC)c(C)c2)[C@@H]1c1cc(OC)c(OC)c(OC)c1. The molecule has 3 rings (SSSR count). The second-order valence-corrected chi connectivity index (χ2v) is 8.66. The van der Waals surface area contributed by atoms with Gasteiger partial charge in [-0.15, -0.1) is 0 Å². The fraction of sp³-hybridized carbons (Fsp3) is 0.429. The molecule has 0 aromatic heterocycles. The van der Waals surface area contributed by atoms with Gasteiger partial charge < -0.3 is 33.9 Å². The first-order valence-corrected chi connectivity index (χ1v) is 12.2. The van der Waals surface area contributed by atoms with E-state index in [0.717, 1.165) is 18.7 Å². The molecule has 0 aliphatic carbocycles. The number of rotatable bonds is 11. The van der Waals surface area contributed by atoms with Crippen molar-refractivity contribution in [1.82, 2.24) is 9.80 Å². The van der Waals surface area contributed by atoms with Crippen molar-refractivity contribution in [1.29, 1.82) is 0 Å². The van der Waals surface area contributed by atoms with Gasteiger partial charge in [0.1, 0.15) is 11.5 Å². The molecular weight excluding hydrogens is 476 g/mol. The maximum atomic E-state index is 13.4. The van der Waals surface area contributed by atoms with E-state index in [2.05, 4.69) is 4.90 Å². The first-order chi connectivity index (χ1) is 17.8. The highest BCUT2D eigenvalue weighted by molar-refractivity contribution is 6.46. The summed E-state index contributed by atoms with van der Waals surface area (Å²) < 4.78 is 21.8. The van der Waals surface area contributed by atoms with Gasteiger partial charge in [-0.2, -0.15) is 0 Å². The van der Waals surface area contributed by atoms with E-state index in [1.54, 1.807) is 37.4 Å². The Morgan fingerprint density at radius 3 is 2.00 bits per heavy atom. The number of hydrogen-bond acceptors (Lipinski definition) is 8. The number of benzene rings is 2. The van der Waals surface area contributed by atoms with Crippen LogP contribution in [0, 0.1) is 6.92 Å². The number of aliphatic hydroxyl groups is 1. The minimum absolute atomic E-state index is 0.00314. The van der Waals surface area contributed by atoms with Gasteiger partial charge in [0, 0.05) is 18.7 Å². The van der Waals surface area contributed by atoms with Crippen LogP contribution in [-0.4, -0.2) is 81.2 Å². The van der Waals surface area contributed by atoms with Crippen LogP contribution >= 0.6 is 0 Å². The lowest BCUT2D eigenvalue weighted by atomic mass is 9.94. The zero-order valence-corrected chi connectivity index (χ0v) is 22.6. The number of carbonyl (C=O) groups is 2. The van der Waals surface area contributed by atoms with Gasteiger partial charge in [-0.25, -0.2) is 0 Å². The Bertz CT molecular complexity index is 1160. The number of amides is 1. The van der Waals surface area contributed by atoms with Crippen molar-refractivity contribution in [2.45, 2.75) is 26.8 Å². The van der Waals surface area contributed by atoms with Crippen LogP contribution in [0.4, 0.5) is 0 Å². The third kappa shape index (κ3) is 5.36. The Morgan fingerprint density at radius 2 is 1.51 bits per heavy atom. The summed E-state index contributed by atoms with van der Waals surface area (Å²) in [6.07, 6.45) is 0. The van der Waals surface area contributed by atoms with Crippen molar-refractivity contribution in [3.63, 3.8) is 0 Å². The Kier molecular flexibility index (Phi) is 9.04. The number of aliphatic hydroxyl groups excluding tert-OH is 1.